The highest BCUT2D eigenvalue weighted by molar-refractivity contribution is 6.01. The summed E-state index contributed by atoms with van der Waals surface area (Å²) < 4.78 is 0. The maximum Gasteiger partial charge on any atom is 0.0546 e. The Morgan fingerprint density at radius 3 is 1.33 bits per heavy atom. The van der Waals surface area contributed by atoms with Crippen molar-refractivity contribution >= 4 is 17.1 Å². The van der Waals surface area contributed by atoms with E-state index in [0.717, 1.165) is 17.1 Å². The third kappa shape index (κ3) is 6.93. The molecule has 64 heavy (non-hydrogen) atoms. The van der Waals surface area contributed by atoms with E-state index in [1.165, 1.54) is 89.0 Å². The van der Waals surface area contributed by atoms with Gasteiger partial charge in [-0.25, -0.2) is 0 Å². The van der Waals surface area contributed by atoms with Crippen LogP contribution in [0.3, 0.4) is 0 Å². The van der Waals surface area contributed by atoms with Crippen LogP contribution in [-0.2, 0) is 5.41 Å². The topological polar surface area (TPSA) is 3.24 Å². The van der Waals surface area contributed by atoms with E-state index in [-0.39, 0.29) is 5.41 Å². The van der Waals surface area contributed by atoms with Crippen LogP contribution in [0.4, 0.5) is 17.1 Å². The Kier molecular flexibility index (Phi) is 9.94. The second-order valence-corrected chi connectivity index (χ2v) is 17.3. The molecule has 0 N–H and O–H groups in total. The lowest BCUT2D eigenvalue weighted by Gasteiger charge is -2.30. The summed E-state index contributed by atoms with van der Waals surface area (Å²) in [5, 5.41) is 0. The second-order valence-electron chi connectivity index (χ2n) is 17.3. The Labute approximate surface area is 377 Å². The van der Waals surface area contributed by atoms with Crippen molar-refractivity contribution in [2.75, 3.05) is 4.90 Å². The van der Waals surface area contributed by atoms with Crippen molar-refractivity contribution in [3.05, 3.63) is 260 Å². The number of nitrogens with zero attached hydrogens (tertiary/aromatic N) is 1. The Morgan fingerprint density at radius 2 is 0.688 bits per heavy atom. The molecule has 1 aliphatic carbocycles. The van der Waals surface area contributed by atoms with Gasteiger partial charge in [0, 0.05) is 22.4 Å². The summed E-state index contributed by atoms with van der Waals surface area (Å²) in [5.74, 6) is 0. The van der Waals surface area contributed by atoms with Gasteiger partial charge in [-0.1, -0.05) is 226 Å². The Bertz CT molecular complexity index is 3260. The van der Waals surface area contributed by atoms with Gasteiger partial charge < -0.3 is 4.90 Å². The molecule has 0 aromatic heterocycles. The van der Waals surface area contributed by atoms with E-state index in [9.17, 15) is 0 Å². The first kappa shape index (κ1) is 38.9. The van der Waals surface area contributed by atoms with Crippen LogP contribution in [0.2, 0.25) is 0 Å². The van der Waals surface area contributed by atoms with Gasteiger partial charge in [0.05, 0.1) is 5.69 Å². The van der Waals surface area contributed by atoms with Crippen LogP contribution in [0.1, 0.15) is 25.0 Å². The standard InChI is InChI=1S/C63H47N/c1-63(2)59-33-15-14-28-56(59)58-32-17-31-55(62(58)63)48-37-41-52(42-38-48)64(51-39-35-45(36-40-51)50-26-16-25-49(43-50)44-19-6-3-7-20-44)60-34-18-30-54(47-23-10-5-11-24-47)61(60)57-29-13-12-27-53(57)46-21-8-4-9-22-46/h3-43H,1-2H3. The highest BCUT2D eigenvalue weighted by Crippen LogP contribution is 2.53. The van der Waals surface area contributed by atoms with Crippen LogP contribution in [0.15, 0.2) is 249 Å². The highest BCUT2D eigenvalue weighted by atomic mass is 15.1. The molecule has 0 saturated heterocycles. The zero-order valence-corrected chi connectivity index (χ0v) is 36.1. The summed E-state index contributed by atoms with van der Waals surface area (Å²) in [6, 6.07) is 90.8. The third-order valence-electron chi connectivity index (χ3n) is 13.1. The summed E-state index contributed by atoms with van der Waals surface area (Å²) in [6.07, 6.45) is 0. The van der Waals surface area contributed by atoms with Gasteiger partial charge in [0.25, 0.3) is 0 Å². The Balaban J connectivity index is 1.09. The van der Waals surface area contributed by atoms with Crippen molar-refractivity contribution in [2.24, 2.45) is 0 Å². The van der Waals surface area contributed by atoms with E-state index in [2.05, 4.69) is 267 Å². The molecule has 1 aliphatic rings. The lowest BCUT2D eigenvalue weighted by molar-refractivity contribution is 0.662. The van der Waals surface area contributed by atoms with Crippen LogP contribution in [-0.4, -0.2) is 0 Å². The van der Waals surface area contributed by atoms with Gasteiger partial charge in [0.1, 0.15) is 0 Å². The van der Waals surface area contributed by atoms with E-state index in [4.69, 9.17) is 0 Å². The maximum atomic E-state index is 2.45. The minimum atomic E-state index is -0.117. The summed E-state index contributed by atoms with van der Waals surface area (Å²) in [7, 11) is 0. The fourth-order valence-electron chi connectivity index (χ4n) is 10.1. The van der Waals surface area contributed by atoms with Gasteiger partial charge in [-0.05, 0) is 120 Å². The molecule has 0 fully saturated rings. The predicted molar refractivity (Wildman–Crippen MR) is 271 cm³/mol. The van der Waals surface area contributed by atoms with Gasteiger partial charge in [-0.3, -0.25) is 0 Å². The van der Waals surface area contributed by atoms with Crippen LogP contribution < -0.4 is 4.90 Å². The average molecular weight is 818 g/mol. The van der Waals surface area contributed by atoms with Crippen molar-refractivity contribution in [2.45, 2.75) is 19.3 Å². The van der Waals surface area contributed by atoms with E-state index in [1.54, 1.807) is 0 Å². The SMILES string of the molecule is CC1(C)c2ccccc2-c2cccc(-c3ccc(N(c4ccc(-c5cccc(-c6ccccc6)c5)cc4)c4cccc(-c5ccccc5)c4-c4ccccc4-c4ccccc4)cc3)c21. The molecule has 0 bridgehead atoms. The molecule has 0 saturated carbocycles. The molecule has 0 atom stereocenters. The van der Waals surface area contributed by atoms with E-state index in [1.807, 2.05) is 0 Å². The van der Waals surface area contributed by atoms with Crippen molar-refractivity contribution in [1.82, 2.24) is 0 Å². The molecule has 0 unspecified atom stereocenters. The Hall–Kier alpha value is -8.00. The fraction of sp³-hybridized carbons (Fsp3) is 0.0476. The molecule has 1 heteroatoms. The van der Waals surface area contributed by atoms with E-state index >= 15 is 0 Å². The number of rotatable bonds is 9. The van der Waals surface area contributed by atoms with Crippen molar-refractivity contribution in [1.29, 1.82) is 0 Å². The maximum absolute atomic E-state index is 2.45. The average Bonchev–Trinajstić information content (AvgIpc) is 3.61. The summed E-state index contributed by atoms with van der Waals surface area (Å²) >= 11 is 0. The molecule has 10 aromatic carbocycles. The normalized spacial score (nSPS) is 12.3. The zero-order chi connectivity index (χ0) is 43.0. The zero-order valence-electron chi connectivity index (χ0n) is 36.1. The monoisotopic (exact) mass is 817 g/mol. The molecule has 0 amide bonds. The van der Waals surface area contributed by atoms with Gasteiger partial charge in [0.15, 0.2) is 0 Å². The first-order valence-electron chi connectivity index (χ1n) is 22.3. The minimum absolute atomic E-state index is 0.117. The molecule has 0 radical (unpaired) electrons. The molecule has 0 heterocycles. The van der Waals surface area contributed by atoms with Gasteiger partial charge in [0.2, 0.25) is 0 Å². The number of benzene rings is 10. The fourth-order valence-corrected chi connectivity index (χ4v) is 10.1. The summed E-state index contributed by atoms with van der Waals surface area (Å²) in [6.45, 7) is 4.74. The van der Waals surface area contributed by atoms with Crippen molar-refractivity contribution < 1.29 is 0 Å². The lowest BCUT2D eigenvalue weighted by Crippen LogP contribution is -2.16. The number of anilines is 3. The van der Waals surface area contributed by atoms with Crippen LogP contribution in [0, 0.1) is 0 Å². The number of fused-ring (bicyclic) bond motifs is 3. The van der Waals surface area contributed by atoms with Gasteiger partial charge in [-0.2, -0.15) is 0 Å². The van der Waals surface area contributed by atoms with Gasteiger partial charge in [-0.15, -0.1) is 0 Å². The molecule has 304 valence electrons. The van der Waals surface area contributed by atoms with Gasteiger partial charge >= 0.3 is 0 Å². The molecule has 10 aromatic rings. The summed E-state index contributed by atoms with van der Waals surface area (Å²) in [4.78, 5) is 2.45. The molecular weight excluding hydrogens is 771 g/mol. The smallest absolute Gasteiger partial charge is 0.0546 e. The summed E-state index contributed by atoms with van der Waals surface area (Å²) in [5.41, 5.74) is 23.0. The first-order chi connectivity index (χ1) is 31.5. The molecule has 11 rings (SSSR count). The molecule has 1 nitrogen and oxygen atoms in total. The second kappa shape index (κ2) is 16.4. The first-order valence-corrected chi connectivity index (χ1v) is 22.3. The van der Waals surface area contributed by atoms with E-state index < -0.39 is 0 Å². The molecule has 0 spiro atoms. The van der Waals surface area contributed by atoms with E-state index in [0.29, 0.717) is 0 Å². The molecular formula is C63H47N. The Morgan fingerprint density at radius 1 is 0.281 bits per heavy atom. The van der Waals surface area contributed by atoms with Crippen molar-refractivity contribution in [3.63, 3.8) is 0 Å². The van der Waals surface area contributed by atoms with Crippen LogP contribution in [0.25, 0.3) is 77.9 Å². The number of hydrogen-bond acceptors (Lipinski definition) is 1. The largest absolute Gasteiger partial charge is 0.310 e. The van der Waals surface area contributed by atoms with Crippen LogP contribution >= 0.6 is 0 Å². The lowest BCUT2D eigenvalue weighted by atomic mass is 9.79. The minimum Gasteiger partial charge on any atom is -0.310 e. The van der Waals surface area contributed by atoms with Crippen LogP contribution in [0.5, 0.6) is 0 Å². The highest BCUT2D eigenvalue weighted by Gasteiger charge is 2.37. The predicted octanol–water partition coefficient (Wildman–Crippen LogP) is 17.5. The van der Waals surface area contributed by atoms with Crippen molar-refractivity contribution in [3.8, 4) is 77.9 Å². The number of hydrogen-bond donors (Lipinski definition) is 0. The quantitative estimate of drug-likeness (QED) is 0.140. The third-order valence-corrected chi connectivity index (χ3v) is 13.1. The molecule has 0 aliphatic heterocycles.